The van der Waals surface area contributed by atoms with Gasteiger partial charge in [-0.2, -0.15) is 5.10 Å². The lowest BCUT2D eigenvalue weighted by atomic mass is 10.3. The summed E-state index contributed by atoms with van der Waals surface area (Å²) in [5, 5.41) is 6.95. The Balaban J connectivity index is 1.98. The van der Waals surface area contributed by atoms with Gasteiger partial charge in [0, 0.05) is 18.0 Å². The fourth-order valence-corrected chi connectivity index (χ4v) is 1.60. The van der Waals surface area contributed by atoms with Crippen LogP contribution >= 0.6 is 0 Å². The van der Waals surface area contributed by atoms with Crippen molar-refractivity contribution in [1.82, 2.24) is 9.78 Å². The molecule has 1 aromatic carbocycles. The van der Waals surface area contributed by atoms with E-state index in [-0.39, 0.29) is 12.5 Å². The molecule has 0 radical (unpaired) electrons. The first-order valence-electron chi connectivity index (χ1n) is 5.61. The normalized spacial score (nSPS) is 10.1. The van der Waals surface area contributed by atoms with E-state index in [0.717, 1.165) is 5.69 Å². The molecule has 2 rings (SSSR count). The maximum Gasteiger partial charge on any atom is 0.246 e. The molecule has 1 aromatic heterocycles. The van der Waals surface area contributed by atoms with Gasteiger partial charge in [-0.3, -0.25) is 9.48 Å². The van der Waals surface area contributed by atoms with Crippen LogP contribution in [-0.2, 0) is 11.3 Å². The fourth-order valence-electron chi connectivity index (χ4n) is 1.60. The quantitative estimate of drug-likeness (QED) is 0.894. The van der Waals surface area contributed by atoms with E-state index in [0.29, 0.717) is 11.4 Å². The molecule has 0 spiro atoms. The van der Waals surface area contributed by atoms with Gasteiger partial charge < -0.3 is 10.1 Å². The van der Waals surface area contributed by atoms with Gasteiger partial charge in [0.05, 0.1) is 12.8 Å². The van der Waals surface area contributed by atoms with Crippen LogP contribution in [0.2, 0.25) is 0 Å². The van der Waals surface area contributed by atoms with E-state index in [2.05, 4.69) is 10.4 Å². The van der Waals surface area contributed by atoms with Crippen LogP contribution < -0.4 is 10.1 Å². The summed E-state index contributed by atoms with van der Waals surface area (Å²) in [4.78, 5) is 11.8. The number of rotatable bonds is 4. The molecule has 2 aromatic rings. The number of carbonyl (C=O) groups excluding carboxylic acids is 1. The van der Waals surface area contributed by atoms with Crippen molar-refractivity contribution in [3.8, 4) is 5.75 Å². The van der Waals surface area contributed by atoms with Gasteiger partial charge in [-0.05, 0) is 25.1 Å². The number of benzene rings is 1. The third-order valence-corrected chi connectivity index (χ3v) is 2.43. The number of hydrogen-bond acceptors (Lipinski definition) is 3. The molecule has 94 valence electrons. The standard InChI is InChI=1S/C13H15N3O2/c1-10-6-7-16(15-10)9-13(17)14-11-4-3-5-12(8-11)18-2/h3-8H,9H2,1-2H3,(H,14,17). The number of nitrogens with zero attached hydrogens (tertiary/aromatic N) is 2. The Morgan fingerprint density at radius 3 is 2.94 bits per heavy atom. The van der Waals surface area contributed by atoms with Crippen LogP contribution in [-0.4, -0.2) is 22.8 Å². The molecule has 1 heterocycles. The molecule has 5 nitrogen and oxygen atoms in total. The first-order valence-corrected chi connectivity index (χ1v) is 5.61. The zero-order chi connectivity index (χ0) is 13.0. The van der Waals surface area contributed by atoms with E-state index in [1.807, 2.05) is 31.2 Å². The molecule has 0 bridgehead atoms. The summed E-state index contributed by atoms with van der Waals surface area (Å²) in [6.07, 6.45) is 1.78. The van der Waals surface area contributed by atoms with E-state index in [4.69, 9.17) is 4.74 Å². The topological polar surface area (TPSA) is 56.1 Å². The minimum absolute atomic E-state index is 0.119. The minimum atomic E-state index is -0.119. The fraction of sp³-hybridized carbons (Fsp3) is 0.231. The third-order valence-electron chi connectivity index (χ3n) is 2.43. The monoisotopic (exact) mass is 245 g/mol. The summed E-state index contributed by atoms with van der Waals surface area (Å²) in [6.45, 7) is 2.08. The van der Waals surface area contributed by atoms with Crippen LogP contribution in [0, 0.1) is 6.92 Å². The molecule has 0 saturated heterocycles. The van der Waals surface area contributed by atoms with Gasteiger partial charge in [-0.15, -0.1) is 0 Å². The number of amides is 1. The molecule has 0 aliphatic rings. The average Bonchev–Trinajstić information content (AvgIpc) is 2.74. The van der Waals surface area contributed by atoms with Gasteiger partial charge >= 0.3 is 0 Å². The van der Waals surface area contributed by atoms with Gasteiger partial charge in [0.1, 0.15) is 12.3 Å². The Morgan fingerprint density at radius 1 is 1.44 bits per heavy atom. The zero-order valence-electron chi connectivity index (χ0n) is 10.4. The number of hydrogen-bond donors (Lipinski definition) is 1. The molecule has 0 atom stereocenters. The zero-order valence-corrected chi connectivity index (χ0v) is 10.4. The van der Waals surface area contributed by atoms with E-state index >= 15 is 0 Å². The van der Waals surface area contributed by atoms with Crippen molar-refractivity contribution in [1.29, 1.82) is 0 Å². The lowest BCUT2D eigenvalue weighted by Crippen LogP contribution is -2.19. The Morgan fingerprint density at radius 2 is 2.28 bits per heavy atom. The Bertz CT molecular complexity index is 549. The largest absolute Gasteiger partial charge is 0.497 e. The lowest BCUT2D eigenvalue weighted by molar-refractivity contribution is -0.116. The van der Waals surface area contributed by atoms with Gasteiger partial charge in [-0.1, -0.05) is 6.07 Å². The second-order valence-corrected chi connectivity index (χ2v) is 3.93. The highest BCUT2D eigenvalue weighted by Crippen LogP contribution is 2.16. The van der Waals surface area contributed by atoms with Crippen molar-refractivity contribution < 1.29 is 9.53 Å². The Kier molecular flexibility index (Phi) is 3.62. The second-order valence-electron chi connectivity index (χ2n) is 3.93. The number of ether oxygens (including phenoxy) is 1. The van der Waals surface area contributed by atoms with Gasteiger partial charge in [-0.25, -0.2) is 0 Å². The van der Waals surface area contributed by atoms with Gasteiger partial charge in [0.2, 0.25) is 5.91 Å². The summed E-state index contributed by atoms with van der Waals surface area (Å²) in [5.41, 5.74) is 1.60. The Labute approximate surface area is 105 Å². The highest BCUT2D eigenvalue weighted by molar-refractivity contribution is 5.90. The molecule has 18 heavy (non-hydrogen) atoms. The predicted octanol–water partition coefficient (Wildman–Crippen LogP) is 1.84. The van der Waals surface area contributed by atoms with Crippen LogP contribution in [0.15, 0.2) is 36.5 Å². The molecule has 1 N–H and O–H groups in total. The first kappa shape index (κ1) is 12.2. The highest BCUT2D eigenvalue weighted by Gasteiger charge is 2.05. The maximum atomic E-state index is 11.8. The second kappa shape index (κ2) is 5.35. The number of methoxy groups -OCH3 is 1. The minimum Gasteiger partial charge on any atom is -0.497 e. The number of aryl methyl sites for hydroxylation is 1. The predicted molar refractivity (Wildman–Crippen MR) is 68.6 cm³/mol. The summed E-state index contributed by atoms with van der Waals surface area (Å²) in [5.74, 6) is 0.592. The number of carbonyl (C=O) groups is 1. The molecule has 0 saturated carbocycles. The summed E-state index contributed by atoms with van der Waals surface area (Å²) < 4.78 is 6.69. The summed E-state index contributed by atoms with van der Waals surface area (Å²) >= 11 is 0. The van der Waals surface area contributed by atoms with Crippen LogP contribution in [0.25, 0.3) is 0 Å². The van der Waals surface area contributed by atoms with Crippen LogP contribution in [0.4, 0.5) is 5.69 Å². The summed E-state index contributed by atoms with van der Waals surface area (Å²) in [6, 6.07) is 9.10. The molecule has 0 aliphatic heterocycles. The number of nitrogens with one attached hydrogen (secondary N) is 1. The molecule has 0 unspecified atom stereocenters. The van der Waals surface area contributed by atoms with Gasteiger partial charge in [0.25, 0.3) is 0 Å². The van der Waals surface area contributed by atoms with Crippen LogP contribution in [0.3, 0.4) is 0 Å². The van der Waals surface area contributed by atoms with Crippen molar-refractivity contribution >= 4 is 11.6 Å². The van der Waals surface area contributed by atoms with Crippen molar-refractivity contribution in [3.63, 3.8) is 0 Å². The van der Waals surface area contributed by atoms with E-state index < -0.39 is 0 Å². The molecular formula is C13H15N3O2. The summed E-state index contributed by atoms with van der Waals surface area (Å²) in [7, 11) is 1.59. The van der Waals surface area contributed by atoms with Crippen molar-refractivity contribution in [3.05, 3.63) is 42.2 Å². The molecule has 5 heteroatoms. The first-order chi connectivity index (χ1) is 8.67. The van der Waals surface area contributed by atoms with E-state index in [9.17, 15) is 4.79 Å². The number of anilines is 1. The van der Waals surface area contributed by atoms with Crippen molar-refractivity contribution in [2.45, 2.75) is 13.5 Å². The van der Waals surface area contributed by atoms with Crippen molar-refractivity contribution in [2.24, 2.45) is 0 Å². The lowest BCUT2D eigenvalue weighted by Gasteiger charge is -2.07. The Hall–Kier alpha value is -2.30. The third kappa shape index (κ3) is 3.10. The van der Waals surface area contributed by atoms with E-state index in [1.165, 1.54) is 0 Å². The van der Waals surface area contributed by atoms with Gasteiger partial charge in [0.15, 0.2) is 0 Å². The molecule has 1 amide bonds. The van der Waals surface area contributed by atoms with Crippen molar-refractivity contribution in [2.75, 3.05) is 12.4 Å². The highest BCUT2D eigenvalue weighted by atomic mass is 16.5. The van der Waals surface area contributed by atoms with Crippen LogP contribution in [0.1, 0.15) is 5.69 Å². The average molecular weight is 245 g/mol. The SMILES string of the molecule is COc1cccc(NC(=O)Cn2ccc(C)n2)c1. The maximum absolute atomic E-state index is 11.8. The molecule has 0 fully saturated rings. The smallest absolute Gasteiger partial charge is 0.246 e. The molecule has 0 aliphatic carbocycles. The molecular weight excluding hydrogens is 230 g/mol. The number of aromatic nitrogens is 2. The van der Waals surface area contributed by atoms with E-state index in [1.54, 1.807) is 24.1 Å². The van der Waals surface area contributed by atoms with Crippen LogP contribution in [0.5, 0.6) is 5.75 Å².